The third-order valence-corrected chi connectivity index (χ3v) is 1.50. The lowest BCUT2D eigenvalue weighted by molar-refractivity contribution is 0.143. The van der Waals surface area contributed by atoms with Crippen LogP contribution in [-0.2, 0) is 4.74 Å². The van der Waals surface area contributed by atoms with Gasteiger partial charge in [-0.05, 0) is 32.3 Å². The van der Waals surface area contributed by atoms with Crippen LogP contribution in [0.2, 0.25) is 0 Å². The minimum Gasteiger partial charge on any atom is -0.382 e. The predicted molar refractivity (Wildman–Crippen MR) is 45.3 cm³/mol. The minimum absolute atomic E-state index is 0.481. The summed E-state index contributed by atoms with van der Waals surface area (Å²) in [6.07, 6.45) is 2.64. The van der Waals surface area contributed by atoms with Gasteiger partial charge in [-0.15, -0.1) is 0 Å². The van der Waals surface area contributed by atoms with Gasteiger partial charge in [0, 0.05) is 13.2 Å². The van der Waals surface area contributed by atoms with Gasteiger partial charge in [-0.3, -0.25) is 0 Å². The van der Waals surface area contributed by atoms with Crippen molar-refractivity contribution < 1.29 is 13.5 Å². The first-order chi connectivity index (χ1) is 5.77. The van der Waals surface area contributed by atoms with Crippen LogP contribution < -0.4 is 0 Å². The highest BCUT2D eigenvalue weighted by Crippen LogP contribution is 2.05. The van der Waals surface area contributed by atoms with E-state index >= 15 is 0 Å². The topological polar surface area (TPSA) is 9.23 Å². The normalized spacial score (nSPS) is 9.92. The van der Waals surface area contributed by atoms with Crippen molar-refractivity contribution in [2.75, 3.05) is 13.2 Å². The van der Waals surface area contributed by atoms with Gasteiger partial charge < -0.3 is 4.74 Å². The molecule has 0 aliphatic carbocycles. The van der Waals surface area contributed by atoms with Crippen LogP contribution in [0.3, 0.4) is 0 Å². The fraction of sp³-hybridized carbons (Fsp3) is 0.778. The van der Waals surface area contributed by atoms with E-state index in [4.69, 9.17) is 4.74 Å². The standard InChI is InChI=1S/C9H16F2O/c1-2-12-8-6-4-3-5-7-9(10)11/h7H,2-6,8H2,1H3. The molecule has 0 saturated heterocycles. The summed E-state index contributed by atoms with van der Waals surface area (Å²) in [6, 6.07) is 0. The predicted octanol–water partition coefficient (Wildman–Crippen LogP) is 3.36. The van der Waals surface area contributed by atoms with Crippen molar-refractivity contribution >= 4 is 0 Å². The van der Waals surface area contributed by atoms with Gasteiger partial charge in [0.2, 0.25) is 0 Å². The van der Waals surface area contributed by atoms with Crippen LogP contribution in [0.15, 0.2) is 12.2 Å². The summed E-state index contributed by atoms with van der Waals surface area (Å²) in [5, 5.41) is 0. The maximum atomic E-state index is 11.5. The molecule has 0 N–H and O–H groups in total. The Morgan fingerprint density at radius 1 is 1.25 bits per heavy atom. The molecule has 0 aromatic carbocycles. The van der Waals surface area contributed by atoms with Crippen molar-refractivity contribution in [3.8, 4) is 0 Å². The van der Waals surface area contributed by atoms with Crippen molar-refractivity contribution in [1.29, 1.82) is 0 Å². The second-order valence-corrected chi connectivity index (χ2v) is 2.54. The summed E-state index contributed by atoms with van der Waals surface area (Å²) in [7, 11) is 0. The largest absolute Gasteiger partial charge is 0.382 e. The van der Waals surface area contributed by atoms with Crippen LogP contribution in [0.5, 0.6) is 0 Å². The Morgan fingerprint density at radius 3 is 2.58 bits per heavy atom. The molecule has 72 valence electrons. The van der Waals surface area contributed by atoms with Gasteiger partial charge in [-0.1, -0.05) is 6.42 Å². The van der Waals surface area contributed by atoms with Crippen LogP contribution >= 0.6 is 0 Å². The van der Waals surface area contributed by atoms with Crippen LogP contribution in [0, 0.1) is 0 Å². The Bertz CT molecular complexity index is 120. The first kappa shape index (κ1) is 11.6. The molecule has 0 amide bonds. The average Bonchev–Trinajstić information content (AvgIpc) is 2.02. The lowest BCUT2D eigenvalue weighted by atomic mass is 10.2. The van der Waals surface area contributed by atoms with Gasteiger partial charge in [0.15, 0.2) is 0 Å². The second-order valence-electron chi connectivity index (χ2n) is 2.54. The van der Waals surface area contributed by atoms with E-state index in [1.54, 1.807) is 0 Å². The van der Waals surface area contributed by atoms with Gasteiger partial charge in [0.25, 0.3) is 6.08 Å². The molecule has 0 bridgehead atoms. The van der Waals surface area contributed by atoms with E-state index in [0.29, 0.717) is 6.42 Å². The molecular formula is C9H16F2O. The van der Waals surface area contributed by atoms with Crippen molar-refractivity contribution in [2.24, 2.45) is 0 Å². The zero-order chi connectivity index (χ0) is 9.23. The SMILES string of the molecule is CCOCCCCCC=C(F)F. The summed E-state index contributed by atoms with van der Waals surface area (Å²) in [5.41, 5.74) is 0. The van der Waals surface area contributed by atoms with Crippen molar-refractivity contribution in [2.45, 2.75) is 32.6 Å². The molecule has 0 saturated carbocycles. The summed E-state index contributed by atoms with van der Waals surface area (Å²) >= 11 is 0. The number of allylic oxidation sites excluding steroid dienone is 1. The molecule has 0 heterocycles. The smallest absolute Gasteiger partial charge is 0.266 e. The fourth-order valence-corrected chi connectivity index (χ4v) is 0.881. The van der Waals surface area contributed by atoms with Crippen molar-refractivity contribution in [3.63, 3.8) is 0 Å². The van der Waals surface area contributed by atoms with Crippen LogP contribution in [0.4, 0.5) is 8.78 Å². The molecule has 0 rings (SSSR count). The average molecular weight is 178 g/mol. The highest BCUT2D eigenvalue weighted by atomic mass is 19.3. The molecule has 0 aliphatic heterocycles. The van der Waals surface area contributed by atoms with E-state index in [2.05, 4.69) is 0 Å². The Kier molecular flexibility index (Phi) is 8.34. The molecular weight excluding hydrogens is 162 g/mol. The number of ether oxygens (including phenoxy) is 1. The van der Waals surface area contributed by atoms with Crippen molar-refractivity contribution in [3.05, 3.63) is 12.2 Å². The Morgan fingerprint density at radius 2 is 2.00 bits per heavy atom. The maximum Gasteiger partial charge on any atom is 0.266 e. The molecule has 0 fully saturated rings. The summed E-state index contributed by atoms with van der Waals surface area (Å²) < 4.78 is 28.1. The quantitative estimate of drug-likeness (QED) is 0.543. The van der Waals surface area contributed by atoms with Gasteiger partial charge in [0.05, 0.1) is 0 Å². The number of hydrogen-bond donors (Lipinski definition) is 0. The van der Waals surface area contributed by atoms with E-state index in [1.807, 2.05) is 6.92 Å². The monoisotopic (exact) mass is 178 g/mol. The molecule has 0 atom stereocenters. The van der Waals surface area contributed by atoms with E-state index in [-0.39, 0.29) is 0 Å². The number of unbranched alkanes of at least 4 members (excludes halogenated alkanes) is 3. The number of halogens is 2. The molecule has 12 heavy (non-hydrogen) atoms. The van der Waals surface area contributed by atoms with Crippen molar-refractivity contribution in [1.82, 2.24) is 0 Å². The molecule has 1 nitrogen and oxygen atoms in total. The molecule has 0 aromatic rings. The zero-order valence-electron chi connectivity index (χ0n) is 7.48. The minimum atomic E-state index is -1.57. The first-order valence-corrected chi connectivity index (χ1v) is 4.36. The van der Waals surface area contributed by atoms with E-state index in [9.17, 15) is 8.78 Å². The number of rotatable bonds is 7. The number of hydrogen-bond acceptors (Lipinski definition) is 1. The Balaban J connectivity index is 2.96. The molecule has 0 aromatic heterocycles. The lowest BCUT2D eigenvalue weighted by Crippen LogP contribution is -1.92. The van der Waals surface area contributed by atoms with E-state index in [1.165, 1.54) is 0 Å². The summed E-state index contributed by atoms with van der Waals surface area (Å²) in [4.78, 5) is 0. The van der Waals surface area contributed by atoms with E-state index in [0.717, 1.165) is 38.6 Å². The van der Waals surface area contributed by atoms with Crippen LogP contribution in [-0.4, -0.2) is 13.2 Å². The molecule has 0 unspecified atom stereocenters. The molecule has 0 aliphatic rings. The molecule has 0 radical (unpaired) electrons. The van der Waals surface area contributed by atoms with Crippen LogP contribution in [0.1, 0.15) is 32.6 Å². The zero-order valence-corrected chi connectivity index (χ0v) is 7.48. The molecule has 3 heteroatoms. The third-order valence-electron chi connectivity index (χ3n) is 1.50. The highest BCUT2D eigenvalue weighted by molar-refractivity contribution is 4.79. The fourth-order valence-electron chi connectivity index (χ4n) is 0.881. The Labute approximate surface area is 72.4 Å². The molecule has 0 spiro atoms. The van der Waals surface area contributed by atoms with Gasteiger partial charge in [-0.2, -0.15) is 8.78 Å². The van der Waals surface area contributed by atoms with Gasteiger partial charge in [0.1, 0.15) is 0 Å². The van der Waals surface area contributed by atoms with Gasteiger partial charge in [-0.25, -0.2) is 0 Å². The summed E-state index contributed by atoms with van der Waals surface area (Å²) in [5.74, 6) is 0. The van der Waals surface area contributed by atoms with E-state index < -0.39 is 6.08 Å². The van der Waals surface area contributed by atoms with Gasteiger partial charge >= 0.3 is 0 Å². The lowest BCUT2D eigenvalue weighted by Gasteiger charge is -1.98. The van der Waals surface area contributed by atoms with Crippen LogP contribution in [0.25, 0.3) is 0 Å². The first-order valence-electron chi connectivity index (χ1n) is 4.36. The third kappa shape index (κ3) is 9.56. The summed E-state index contributed by atoms with van der Waals surface area (Å²) in [6.45, 7) is 3.43. The Hall–Kier alpha value is -0.440. The second kappa shape index (κ2) is 8.65. The maximum absolute atomic E-state index is 11.5. The highest BCUT2D eigenvalue weighted by Gasteiger charge is 1.90.